The zero-order valence-electron chi connectivity index (χ0n) is 12.7. The van der Waals surface area contributed by atoms with Gasteiger partial charge in [0.1, 0.15) is 0 Å². The van der Waals surface area contributed by atoms with Gasteiger partial charge in [-0.2, -0.15) is 0 Å². The summed E-state index contributed by atoms with van der Waals surface area (Å²) in [7, 11) is 0. The normalized spacial score (nSPS) is 13.2. The first-order valence-corrected chi connectivity index (χ1v) is 9.13. The summed E-state index contributed by atoms with van der Waals surface area (Å²) in [4.78, 5) is 13.0. The second kappa shape index (κ2) is 8.01. The lowest BCUT2D eigenvalue weighted by Crippen LogP contribution is -2.14. The van der Waals surface area contributed by atoms with Crippen molar-refractivity contribution in [2.24, 2.45) is 0 Å². The first-order valence-electron chi connectivity index (χ1n) is 7.39. The minimum Gasteiger partial charge on any atom is -0.490 e. The highest BCUT2D eigenvalue weighted by atomic mass is 35.5. The molecular formula is C17H15Cl2NO3S. The van der Waals surface area contributed by atoms with E-state index in [2.05, 4.69) is 5.32 Å². The van der Waals surface area contributed by atoms with Gasteiger partial charge in [0, 0.05) is 16.3 Å². The Bertz CT molecular complexity index is 755. The predicted octanol–water partition coefficient (Wildman–Crippen LogP) is 4.89. The summed E-state index contributed by atoms with van der Waals surface area (Å²) in [6.45, 7) is 1.29. The number of fused-ring (bicyclic) bond motifs is 1. The molecule has 4 nitrogen and oxygen atoms in total. The molecule has 2 aromatic rings. The van der Waals surface area contributed by atoms with Crippen molar-refractivity contribution in [3.8, 4) is 11.5 Å². The largest absolute Gasteiger partial charge is 0.490 e. The summed E-state index contributed by atoms with van der Waals surface area (Å²) in [5, 5.41) is 3.73. The topological polar surface area (TPSA) is 47.6 Å². The Balaban J connectivity index is 1.60. The van der Waals surface area contributed by atoms with Gasteiger partial charge < -0.3 is 14.8 Å². The van der Waals surface area contributed by atoms with Crippen LogP contribution in [0, 0.1) is 0 Å². The van der Waals surface area contributed by atoms with Crippen LogP contribution in [-0.4, -0.2) is 24.9 Å². The van der Waals surface area contributed by atoms with E-state index in [4.69, 9.17) is 32.7 Å². The summed E-state index contributed by atoms with van der Waals surface area (Å²) in [6, 6.07) is 10.6. The van der Waals surface area contributed by atoms with Crippen molar-refractivity contribution in [2.75, 3.05) is 24.3 Å². The van der Waals surface area contributed by atoms with Crippen molar-refractivity contribution < 1.29 is 14.3 Å². The van der Waals surface area contributed by atoms with Crippen LogP contribution in [0.3, 0.4) is 0 Å². The van der Waals surface area contributed by atoms with E-state index in [1.807, 2.05) is 18.2 Å². The van der Waals surface area contributed by atoms with Crippen LogP contribution in [0.1, 0.15) is 6.42 Å². The molecule has 0 unspecified atom stereocenters. The molecule has 0 radical (unpaired) electrons. The number of hydrogen-bond acceptors (Lipinski definition) is 4. The number of anilines is 1. The molecule has 0 saturated carbocycles. The van der Waals surface area contributed by atoms with E-state index < -0.39 is 0 Å². The van der Waals surface area contributed by atoms with Crippen LogP contribution in [0.5, 0.6) is 11.5 Å². The molecule has 24 heavy (non-hydrogen) atoms. The van der Waals surface area contributed by atoms with Crippen LogP contribution < -0.4 is 14.8 Å². The van der Waals surface area contributed by atoms with Gasteiger partial charge in [-0.3, -0.25) is 4.79 Å². The van der Waals surface area contributed by atoms with Crippen molar-refractivity contribution in [1.29, 1.82) is 0 Å². The van der Waals surface area contributed by atoms with Gasteiger partial charge in [-0.05, 0) is 36.4 Å². The van der Waals surface area contributed by atoms with Gasteiger partial charge in [0.15, 0.2) is 11.5 Å². The SMILES string of the molecule is O=C(CSc1ccc2c(c1)OCCCO2)Nc1cc(Cl)ccc1Cl. The van der Waals surface area contributed by atoms with Crippen molar-refractivity contribution >= 4 is 46.6 Å². The molecule has 1 aliphatic heterocycles. The van der Waals surface area contributed by atoms with E-state index in [1.54, 1.807) is 18.2 Å². The zero-order chi connectivity index (χ0) is 16.9. The number of thioether (sulfide) groups is 1. The smallest absolute Gasteiger partial charge is 0.234 e. The molecule has 1 N–H and O–H groups in total. The number of rotatable bonds is 4. The van der Waals surface area contributed by atoms with Crippen molar-refractivity contribution in [3.05, 3.63) is 46.4 Å². The standard InChI is InChI=1S/C17H15Cl2NO3S/c18-11-2-4-13(19)14(8-11)20-17(21)10-24-12-3-5-15-16(9-12)23-7-1-6-22-15/h2-5,8-9H,1,6-7,10H2,(H,20,21). The lowest BCUT2D eigenvalue weighted by Gasteiger charge is -2.10. The molecular weight excluding hydrogens is 369 g/mol. The third-order valence-corrected chi connectivity index (χ3v) is 4.85. The number of carbonyl (C=O) groups is 1. The van der Waals surface area contributed by atoms with E-state index >= 15 is 0 Å². The zero-order valence-corrected chi connectivity index (χ0v) is 15.0. The number of hydrogen-bond donors (Lipinski definition) is 1. The second-order valence-electron chi connectivity index (χ2n) is 5.12. The molecule has 126 valence electrons. The van der Waals surface area contributed by atoms with Crippen molar-refractivity contribution in [2.45, 2.75) is 11.3 Å². The Morgan fingerprint density at radius 2 is 1.88 bits per heavy atom. The highest BCUT2D eigenvalue weighted by Gasteiger charge is 2.12. The molecule has 1 aliphatic rings. The molecule has 0 bridgehead atoms. The maximum absolute atomic E-state index is 12.1. The minimum atomic E-state index is -0.156. The van der Waals surface area contributed by atoms with Gasteiger partial charge in [0.05, 0.1) is 29.7 Å². The average molecular weight is 384 g/mol. The van der Waals surface area contributed by atoms with E-state index in [1.165, 1.54) is 11.8 Å². The van der Waals surface area contributed by atoms with Gasteiger partial charge in [0.25, 0.3) is 0 Å². The Hall–Kier alpha value is -1.56. The molecule has 0 atom stereocenters. The average Bonchev–Trinajstić information content (AvgIpc) is 2.81. The third kappa shape index (κ3) is 4.50. The first-order chi connectivity index (χ1) is 11.6. The number of ether oxygens (including phenoxy) is 2. The highest BCUT2D eigenvalue weighted by Crippen LogP contribution is 2.34. The summed E-state index contributed by atoms with van der Waals surface area (Å²) >= 11 is 13.4. The maximum atomic E-state index is 12.1. The van der Waals surface area contributed by atoms with Crippen LogP contribution in [0.25, 0.3) is 0 Å². The second-order valence-corrected chi connectivity index (χ2v) is 7.01. The lowest BCUT2D eigenvalue weighted by atomic mass is 10.3. The summed E-state index contributed by atoms with van der Waals surface area (Å²) in [5.41, 5.74) is 0.508. The molecule has 0 aromatic heterocycles. The number of benzene rings is 2. The molecule has 7 heteroatoms. The fourth-order valence-corrected chi connectivity index (χ4v) is 3.22. The summed E-state index contributed by atoms with van der Waals surface area (Å²) in [6.07, 6.45) is 0.861. The van der Waals surface area contributed by atoms with Gasteiger partial charge in [-0.25, -0.2) is 0 Å². The number of nitrogens with one attached hydrogen (secondary N) is 1. The van der Waals surface area contributed by atoms with Crippen LogP contribution in [-0.2, 0) is 4.79 Å². The van der Waals surface area contributed by atoms with Crippen LogP contribution in [0.4, 0.5) is 5.69 Å². The van der Waals surface area contributed by atoms with Gasteiger partial charge in [-0.15, -0.1) is 11.8 Å². The fourth-order valence-electron chi connectivity index (χ4n) is 2.16. The molecule has 2 aromatic carbocycles. The fraction of sp³-hybridized carbons (Fsp3) is 0.235. The molecule has 0 spiro atoms. The van der Waals surface area contributed by atoms with E-state index in [-0.39, 0.29) is 11.7 Å². The Kier molecular flexibility index (Phi) is 5.76. The number of amides is 1. The molecule has 0 aliphatic carbocycles. The Labute approximate surface area is 154 Å². The maximum Gasteiger partial charge on any atom is 0.234 e. The van der Waals surface area contributed by atoms with E-state index in [0.717, 1.165) is 22.8 Å². The predicted molar refractivity (Wildman–Crippen MR) is 97.9 cm³/mol. The third-order valence-electron chi connectivity index (χ3n) is 3.29. The summed E-state index contributed by atoms with van der Waals surface area (Å²) < 4.78 is 11.2. The lowest BCUT2D eigenvalue weighted by molar-refractivity contribution is -0.113. The van der Waals surface area contributed by atoms with E-state index in [0.29, 0.717) is 28.9 Å². The Morgan fingerprint density at radius 3 is 2.71 bits per heavy atom. The van der Waals surface area contributed by atoms with Gasteiger partial charge in [0.2, 0.25) is 5.91 Å². The van der Waals surface area contributed by atoms with E-state index in [9.17, 15) is 4.79 Å². The highest BCUT2D eigenvalue weighted by molar-refractivity contribution is 8.00. The van der Waals surface area contributed by atoms with Crippen molar-refractivity contribution in [1.82, 2.24) is 0 Å². The van der Waals surface area contributed by atoms with Crippen molar-refractivity contribution in [3.63, 3.8) is 0 Å². The van der Waals surface area contributed by atoms with Crippen LogP contribution >= 0.6 is 35.0 Å². The minimum absolute atomic E-state index is 0.156. The van der Waals surface area contributed by atoms with Crippen LogP contribution in [0.15, 0.2) is 41.3 Å². The number of halogens is 2. The molecule has 0 fully saturated rings. The molecule has 3 rings (SSSR count). The first kappa shape index (κ1) is 17.3. The van der Waals surface area contributed by atoms with Crippen LogP contribution in [0.2, 0.25) is 10.0 Å². The quantitative estimate of drug-likeness (QED) is 0.763. The molecule has 1 amide bonds. The number of carbonyl (C=O) groups excluding carboxylic acids is 1. The molecule has 1 heterocycles. The van der Waals surface area contributed by atoms with Gasteiger partial charge >= 0.3 is 0 Å². The molecule has 0 saturated heterocycles. The monoisotopic (exact) mass is 383 g/mol. The summed E-state index contributed by atoms with van der Waals surface area (Å²) in [5.74, 6) is 1.56. The Morgan fingerprint density at radius 1 is 1.08 bits per heavy atom. The van der Waals surface area contributed by atoms with Gasteiger partial charge in [-0.1, -0.05) is 23.2 Å².